The Hall–Kier alpha value is -2.58. The fourth-order valence-corrected chi connectivity index (χ4v) is 4.58. The molecule has 1 atom stereocenters. The predicted molar refractivity (Wildman–Crippen MR) is 126 cm³/mol. The van der Waals surface area contributed by atoms with Crippen LogP contribution in [0.2, 0.25) is 0 Å². The van der Waals surface area contributed by atoms with Crippen LogP contribution >= 0.6 is 9.24 Å². The molecule has 5 rings (SSSR count). The quantitative estimate of drug-likeness (QED) is 0.348. The van der Waals surface area contributed by atoms with Crippen LogP contribution in [0, 0.1) is 13.8 Å². The minimum absolute atomic E-state index is 0.431. The summed E-state index contributed by atoms with van der Waals surface area (Å²) in [5.74, 6) is 2.28. The van der Waals surface area contributed by atoms with E-state index in [1.165, 1.54) is 11.1 Å². The van der Waals surface area contributed by atoms with Crippen LogP contribution in [0.25, 0.3) is 22.0 Å². The standard InChI is InChI=1S/C25H23BNO2P/c1-14-4-3-5-15(2)22(14)23-20(24(29-27-23)16-6-7-16)13-28-21-11-8-17-12-18(26)9-10-19(17)25(21)30/h3-5,8-12,16H,6-7,13,30H2,1-2H3. The Morgan fingerprint density at radius 2 is 1.87 bits per heavy atom. The average molecular weight is 411 g/mol. The number of nitrogens with zero attached hydrogens (tertiary/aromatic N) is 1. The lowest BCUT2D eigenvalue weighted by molar-refractivity contribution is 0.303. The first-order valence-corrected chi connectivity index (χ1v) is 10.9. The second kappa shape index (κ2) is 7.59. The van der Waals surface area contributed by atoms with E-state index < -0.39 is 0 Å². The van der Waals surface area contributed by atoms with Crippen LogP contribution in [0.5, 0.6) is 5.75 Å². The van der Waals surface area contributed by atoms with Gasteiger partial charge in [0.25, 0.3) is 0 Å². The van der Waals surface area contributed by atoms with Gasteiger partial charge in [0.2, 0.25) is 0 Å². The number of benzene rings is 3. The minimum atomic E-state index is 0.431. The lowest BCUT2D eigenvalue weighted by Crippen LogP contribution is -2.08. The molecule has 0 bridgehead atoms. The second-order valence-electron chi connectivity index (χ2n) is 8.16. The van der Waals surface area contributed by atoms with E-state index >= 15 is 0 Å². The van der Waals surface area contributed by atoms with Gasteiger partial charge in [0.15, 0.2) is 0 Å². The van der Waals surface area contributed by atoms with Crippen LogP contribution in [0.4, 0.5) is 0 Å². The second-order valence-corrected chi connectivity index (χ2v) is 8.74. The average Bonchev–Trinajstić information content (AvgIpc) is 3.48. The fourth-order valence-electron chi connectivity index (χ4n) is 4.14. The first-order valence-electron chi connectivity index (χ1n) is 10.3. The third kappa shape index (κ3) is 3.44. The van der Waals surface area contributed by atoms with E-state index in [0.717, 1.165) is 62.7 Å². The molecule has 3 nitrogen and oxygen atoms in total. The van der Waals surface area contributed by atoms with Crippen LogP contribution < -0.4 is 15.5 Å². The van der Waals surface area contributed by atoms with Gasteiger partial charge in [-0.3, -0.25) is 0 Å². The molecule has 1 fully saturated rings. The molecule has 0 amide bonds. The van der Waals surface area contributed by atoms with Gasteiger partial charge in [-0.05, 0) is 54.7 Å². The lowest BCUT2D eigenvalue weighted by Gasteiger charge is -2.13. The molecule has 0 aliphatic heterocycles. The molecule has 0 spiro atoms. The summed E-state index contributed by atoms with van der Waals surface area (Å²) in [5.41, 5.74) is 6.27. The fraction of sp³-hybridized carbons (Fsp3) is 0.240. The zero-order valence-electron chi connectivity index (χ0n) is 17.2. The van der Waals surface area contributed by atoms with Crippen molar-refractivity contribution in [3.8, 4) is 17.0 Å². The first-order chi connectivity index (χ1) is 14.5. The molecule has 1 saturated carbocycles. The molecule has 148 valence electrons. The largest absolute Gasteiger partial charge is 0.488 e. The van der Waals surface area contributed by atoms with Gasteiger partial charge in [-0.2, -0.15) is 0 Å². The number of hydrogen-bond acceptors (Lipinski definition) is 3. The molecule has 3 aromatic carbocycles. The molecule has 1 heterocycles. The van der Waals surface area contributed by atoms with Crippen LogP contribution in [-0.2, 0) is 6.61 Å². The van der Waals surface area contributed by atoms with E-state index in [4.69, 9.17) is 17.1 Å². The lowest BCUT2D eigenvalue weighted by atomic mass is 9.93. The molecule has 4 aromatic rings. The third-order valence-corrected chi connectivity index (χ3v) is 6.50. The Bertz CT molecular complexity index is 1240. The molecule has 1 aromatic heterocycles. The molecular formula is C25H23BNO2P. The molecular weight excluding hydrogens is 388 g/mol. The SMILES string of the molecule is [B]c1ccc2c(P)c(OCc3c(-c4c(C)cccc4C)noc3C3CC3)ccc2c1. The van der Waals surface area contributed by atoms with Crippen molar-refractivity contribution in [3.63, 3.8) is 0 Å². The van der Waals surface area contributed by atoms with Crippen LogP contribution in [0.3, 0.4) is 0 Å². The number of aromatic nitrogens is 1. The molecule has 0 saturated heterocycles. The maximum absolute atomic E-state index is 6.33. The number of ether oxygens (including phenoxy) is 1. The topological polar surface area (TPSA) is 35.3 Å². The Balaban J connectivity index is 1.52. The summed E-state index contributed by atoms with van der Waals surface area (Å²) in [4.78, 5) is 0. The number of hydrogen-bond donors (Lipinski definition) is 0. The van der Waals surface area contributed by atoms with Crippen molar-refractivity contribution in [3.05, 3.63) is 71.0 Å². The van der Waals surface area contributed by atoms with Gasteiger partial charge in [0, 0.05) is 16.8 Å². The maximum Gasteiger partial charge on any atom is 0.147 e. The Morgan fingerprint density at radius 3 is 2.60 bits per heavy atom. The van der Waals surface area contributed by atoms with Crippen LogP contribution in [-0.4, -0.2) is 13.0 Å². The molecule has 1 aliphatic rings. The van der Waals surface area contributed by atoms with E-state index in [9.17, 15) is 0 Å². The summed E-state index contributed by atoms with van der Waals surface area (Å²) in [6.45, 7) is 4.67. The van der Waals surface area contributed by atoms with E-state index in [-0.39, 0.29) is 0 Å². The van der Waals surface area contributed by atoms with E-state index in [0.29, 0.717) is 12.5 Å². The van der Waals surface area contributed by atoms with Gasteiger partial charge < -0.3 is 9.26 Å². The monoisotopic (exact) mass is 411 g/mol. The number of aryl methyl sites for hydroxylation is 2. The van der Waals surface area contributed by atoms with E-state index in [1.54, 1.807) is 0 Å². The summed E-state index contributed by atoms with van der Waals surface area (Å²) in [7, 11) is 8.74. The smallest absolute Gasteiger partial charge is 0.147 e. The molecule has 5 heteroatoms. The van der Waals surface area contributed by atoms with Crippen molar-refractivity contribution in [2.45, 2.75) is 39.2 Å². The zero-order valence-corrected chi connectivity index (χ0v) is 18.4. The summed E-state index contributed by atoms with van der Waals surface area (Å²) in [6, 6.07) is 16.3. The van der Waals surface area contributed by atoms with Gasteiger partial charge in [-0.15, -0.1) is 9.24 Å². The predicted octanol–water partition coefficient (Wildman–Crippen LogP) is 4.86. The van der Waals surface area contributed by atoms with Crippen molar-refractivity contribution >= 4 is 38.6 Å². The van der Waals surface area contributed by atoms with Gasteiger partial charge >= 0.3 is 0 Å². The van der Waals surface area contributed by atoms with Crippen molar-refractivity contribution < 1.29 is 9.26 Å². The summed E-state index contributed by atoms with van der Waals surface area (Å²) >= 11 is 0. The van der Waals surface area contributed by atoms with Crippen molar-refractivity contribution in [1.82, 2.24) is 5.16 Å². The highest BCUT2D eigenvalue weighted by atomic mass is 31.0. The van der Waals surface area contributed by atoms with Gasteiger partial charge in [-0.1, -0.05) is 53.1 Å². The molecule has 2 radical (unpaired) electrons. The maximum atomic E-state index is 6.33. The highest BCUT2D eigenvalue weighted by molar-refractivity contribution is 7.28. The van der Waals surface area contributed by atoms with Gasteiger partial charge in [-0.25, -0.2) is 0 Å². The highest BCUT2D eigenvalue weighted by Gasteiger charge is 2.33. The number of fused-ring (bicyclic) bond motifs is 1. The van der Waals surface area contributed by atoms with Gasteiger partial charge in [0.05, 0.1) is 5.56 Å². The van der Waals surface area contributed by atoms with E-state index in [1.807, 2.05) is 24.3 Å². The molecule has 1 aliphatic carbocycles. The highest BCUT2D eigenvalue weighted by Crippen LogP contribution is 2.45. The summed E-state index contributed by atoms with van der Waals surface area (Å²) < 4.78 is 12.2. The molecule has 0 N–H and O–H groups in total. The Labute approximate surface area is 180 Å². The van der Waals surface area contributed by atoms with Crippen molar-refractivity contribution in [1.29, 1.82) is 0 Å². The summed E-state index contributed by atoms with van der Waals surface area (Å²) in [5, 5.41) is 7.75. The molecule has 1 unspecified atom stereocenters. The third-order valence-electron chi connectivity index (χ3n) is 5.90. The Morgan fingerprint density at radius 1 is 1.10 bits per heavy atom. The Kier molecular flexibility index (Phi) is 4.91. The van der Waals surface area contributed by atoms with E-state index in [2.05, 4.69) is 52.5 Å². The van der Waals surface area contributed by atoms with Crippen LogP contribution in [0.15, 0.2) is 53.1 Å². The zero-order chi connectivity index (χ0) is 20.8. The van der Waals surface area contributed by atoms with Crippen molar-refractivity contribution in [2.75, 3.05) is 0 Å². The van der Waals surface area contributed by atoms with Gasteiger partial charge in [0.1, 0.15) is 31.7 Å². The first kappa shape index (κ1) is 19.4. The normalized spacial score (nSPS) is 13.7. The summed E-state index contributed by atoms with van der Waals surface area (Å²) in [6.07, 6.45) is 2.31. The number of rotatable bonds is 5. The van der Waals surface area contributed by atoms with Crippen LogP contribution in [0.1, 0.15) is 41.2 Å². The minimum Gasteiger partial charge on any atom is -0.488 e. The van der Waals surface area contributed by atoms with Crippen molar-refractivity contribution in [2.24, 2.45) is 0 Å². The molecule has 30 heavy (non-hydrogen) atoms.